The van der Waals surface area contributed by atoms with Crippen molar-refractivity contribution in [2.24, 2.45) is 56.7 Å². The van der Waals surface area contributed by atoms with E-state index in [4.69, 9.17) is 13.7 Å². The zero-order valence-corrected chi connectivity index (χ0v) is 30.8. The number of carboxylic acids is 2. The molecule has 6 N–H and O–H groups in total. The van der Waals surface area contributed by atoms with Gasteiger partial charge < -0.3 is 35.0 Å². The first-order valence-electron chi connectivity index (χ1n) is 18.2. The third-order valence-electron chi connectivity index (χ3n) is 15.5. The maximum absolute atomic E-state index is 13.9. The van der Waals surface area contributed by atoms with E-state index in [1.807, 2.05) is 0 Å². The Morgan fingerprint density at radius 2 is 1.60 bits per heavy atom. The molecule has 50 heavy (non-hydrogen) atoms. The van der Waals surface area contributed by atoms with Crippen molar-refractivity contribution >= 4 is 22.3 Å². The SMILES string of the molecule is C[C@H]1[C@H](C)CC[C@]2(C(=O)O)CC[C@]3(C(=O)O)C(=CC[C@@H]4[C@@]5(C)CC[C@H](O[C@@H]6O[C@H](CO)[C@@H](O)[C@H](O)[C@H]6OS(=O)(=O)O)C(C)(C)[C@@H]5CC[C@]43C)[C@H]12. The summed E-state index contributed by atoms with van der Waals surface area (Å²) >= 11 is 0. The third-order valence-corrected chi connectivity index (χ3v) is 16.0. The van der Waals surface area contributed by atoms with Crippen LogP contribution < -0.4 is 0 Å². The lowest BCUT2D eigenvalue weighted by Crippen LogP contribution is -2.68. The van der Waals surface area contributed by atoms with Gasteiger partial charge in [0, 0.05) is 0 Å². The molecule has 0 spiro atoms. The van der Waals surface area contributed by atoms with Gasteiger partial charge in [0.05, 0.1) is 23.5 Å². The summed E-state index contributed by atoms with van der Waals surface area (Å²) in [4.78, 5) is 26.9. The van der Waals surface area contributed by atoms with Crippen LogP contribution >= 0.6 is 0 Å². The largest absolute Gasteiger partial charge is 0.481 e. The molecule has 13 nitrogen and oxygen atoms in total. The molecule has 15 atom stereocenters. The molecule has 0 aromatic rings. The number of hydrogen-bond acceptors (Lipinski definition) is 10. The monoisotopic (exact) mass is 728 g/mol. The predicted molar refractivity (Wildman–Crippen MR) is 178 cm³/mol. The van der Waals surface area contributed by atoms with Gasteiger partial charge in [0.1, 0.15) is 18.3 Å². The van der Waals surface area contributed by atoms with E-state index in [1.54, 1.807) is 0 Å². The van der Waals surface area contributed by atoms with Gasteiger partial charge in [-0.1, -0.05) is 53.2 Å². The summed E-state index contributed by atoms with van der Waals surface area (Å²) in [6, 6.07) is 0. The lowest BCUT2D eigenvalue weighted by Gasteiger charge is -2.70. The molecule has 14 heteroatoms. The van der Waals surface area contributed by atoms with E-state index < -0.39 is 87.4 Å². The van der Waals surface area contributed by atoms with Crippen molar-refractivity contribution in [1.29, 1.82) is 0 Å². The molecule has 0 aromatic carbocycles. The molecule has 0 amide bonds. The van der Waals surface area contributed by atoms with Crippen molar-refractivity contribution in [2.45, 2.75) is 136 Å². The van der Waals surface area contributed by atoms with Gasteiger partial charge in [-0.15, -0.1) is 0 Å². The lowest BCUT2D eigenvalue weighted by molar-refractivity contribution is -0.325. The Labute approximate surface area is 294 Å². The number of ether oxygens (including phenoxy) is 2. The van der Waals surface area contributed by atoms with Gasteiger partial charge in [0.25, 0.3) is 0 Å². The predicted octanol–water partition coefficient (Wildman–Crippen LogP) is 3.81. The van der Waals surface area contributed by atoms with Gasteiger partial charge in [-0.25, -0.2) is 4.18 Å². The molecule has 6 rings (SSSR count). The van der Waals surface area contributed by atoms with Crippen LogP contribution in [-0.4, -0.2) is 93.9 Å². The van der Waals surface area contributed by atoms with E-state index in [2.05, 4.69) is 47.6 Å². The molecule has 1 heterocycles. The highest BCUT2D eigenvalue weighted by Crippen LogP contribution is 2.76. The highest BCUT2D eigenvalue weighted by Gasteiger charge is 2.73. The van der Waals surface area contributed by atoms with E-state index in [0.717, 1.165) is 12.0 Å². The van der Waals surface area contributed by atoms with Gasteiger partial charge in [-0.2, -0.15) is 8.42 Å². The van der Waals surface area contributed by atoms with Gasteiger partial charge in [0.2, 0.25) is 0 Å². The van der Waals surface area contributed by atoms with E-state index in [9.17, 15) is 48.1 Å². The maximum Gasteiger partial charge on any atom is 0.397 e. The lowest BCUT2D eigenvalue weighted by atomic mass is 9.33. The second kappa shape index (κ2) is 12.5. The fourth-order valence-electron chi connectivity index (χ4n) is 12.8. The van der Waals surface area contributed by atoms with Crippen LogP contribution in [0.15, 0.2) is 11.6 Å². The number of carbonyl (C=O) groups is 2. The van der Waals surface area contributed by atoms with Crippen LogP contribution in [0, 0.1) is 56.7 Å². The second-order valence-corrected chi connectivity index (χ2v) is 18.7. The number of aliphatic carboxylic acids is 2. The summed E-state index contributed by atoms with van der Waals surface area (Å²) in [7, 11) is -5.08. The highest BCUT2D eigenvalue weighted by atomic mass is 32.3. The van der Waals surface area contributed by atoms with Crippen LogP contribution in [0.2, 0.25) is 0 Å². The molecule has 1 saturated heterocycles. The standard InChI is InChI=1S/C36H56O13S/c1-18-9-14-35(30(40)41)15-16-36(31(42)43)20(25(35)19(18)2)7-8-23-33(5)12-11-24(32(3,4)22(33)10-13-34(23,36)6)48-29-28(49-50(44,45)46)27(39)26(38)21(17-37)47-29/h7,18-19,21-29,37-39H,8-17H2,1-6H3,(H,40,41)(H,42,43)(H,44,45,46)/t18-,19+,21-,22+,23-,24+,25+,26-,27+,28-,29+,33+,34-,35+,36-/m1/s1. The van der Waals surface area contributed by atoms with Crippen molar-refractivity contribution in [3.8, 4) is 0 Å². The van der Waals surface area contributed by atoms with Crippen molar-refractivity contribution < 1.29 is 61.7 Å². The number of fused-ring (bicyclic) bond motifs is 7. The van der Waals surface area contributed by atoms with Crippen LogP contribution in [0.3, 0.4) is 0 Å². The quantitative estimate of drug-likeness (QED) is 0.125. The summed E-state index contributed by atoms with van der Waals surface area (Å²) in [6.07, 6.45) is -1.57. The van der Waals surface area contributed by atoms with Crippen LogP contribution in [0.1, 0.15) is 99.3 Å². The van der Waals surface area contributed by atoms with Gasteiger partial charge >= 0.3 is 22.3 Å². The smallest absolute Gasteiger partial charge is 0.397 e. The van der Waals surface area contributed by atoms with Crippen molar-refractivity contribution in [3.05, 3.63) is 11.6 Å². The zero-order chi connectivity index (χ0) is 37.0. The summed E-state index contributed by atoms with van der Waals surface area (Å²) < 4.78 is 49.7. The molecular formula is C36H56O13S. The summed E-state index contributed by atoms with van der Waals surface area (Å²) in [5.74, 6) is -1.72. The normalized spacial score (nSPS) is 50.1. The topological polar surface area (TPSA) is 217 Å². The van der Waals surface area contributed by atoms with Gasteiger partial charge in [-0.3, -0.25) is 14.1 Å². The highest BCUT2D eigenvalue weighted by molar-refractivity contribution is 7.80. The minimum atomic E-state index is -5.08. The molecule has 1 aliphatic heterocycles. The Bertz CT molecular complexity index is 1510. The first-order valence-corrected chi connectivity index (χ1v) is 19.6. The van der Waals surface area contributed by atoms with E-state index in [1.165, 1.54) is 0 Å². The zero-order valence-electron chi connectivity index (χ0n) is 29.9. The number of rotatable bonds is 7. The molecule has 0 radical (unpaired) electrons. The van der Waals surface area contributed by atoms with E-state index in [0.29, 0.717) is 44.9 Å². The fraction of sp³-hybridized carbons (Fsp3) is 0.889. The number of aliphatic hydroxyl groups excluding tert-OH is 3. The number of hydrogen-bond donors (Lipinski definition) is 6. The minimum Gasteiger partial charge on any atom is -0.481 e. The molecule has 0 bridgehead atoms. The second-order valence-electron chi connectivity index (χ2n) is 17.7. The molecule has 5 fully saturated rings. The summed E-state index contributed by atoms with van der Waals surface area (Å²) in [6.45, 7) is 12.1. The minimum absolute atomic E-state index is 0.0247. The Morgan fingerprint density at radius 1 is 0.920 bits per heavy atom. The average Bonchev–Trinajstić information content (AvgIpc) is 3.02. The summed E-state index contributed by atoms with van der Waals surface area (Å²) in [5.41, 5.74) is -2.88. The molecule has 6 aliphatic rings. The Kier molecular flexibility index (Phi) is 9.49. The van der Waals surface area contributed by atoms with Crippen LogP contribution in [0.4, 0.5) is 0 Å². The van der Waals surface area contributed by atoms with E-state index >= 15 is 0 Å². The Balaban J connectivity index is 1.34. The van der Waals surface area contributed by atoms with Gasteiger partial charge in [-0.05, 0) is 104 Å². The number of allylic oxidation sites excluding steroid dienone is 1. The molecule has 5 aliphatic carbocycles. The van der Waals surface area contributed by atoms with Crippen molar-refractivity contribution in [3.63, 3.8) is 0 Å². The average molecular weight is 729 g/mol. The maximum atomic E-state index is 13.9. The molecule has 0 unspecified atom stereocenters. The van der Waals surface area contributed by atoms with Crippen LogP contribution in [0.5, 0.6) is 0 Å². The van der Waals surface area contributed by atoms with E-state index in [-0.39, 0.29) is 41.4 Å². The molecule has 4 saturated carbocycles. The van der Waals surface area contributed by atoms with Crippen molar-refractivity contribution in [1.82, 2.24) is 0 Å². The first kappa shape index (κ1) is 38.1. The fourth-order valence-corrected chi connectivity index (χ4v) is 13.3. The molecular weight excluding hydrogens is 672 g/mol. The number of aliphatic hydroxyl groups is 3. The molecule has 0 aromatic heterocycles. The number of carboxylic acid groups (broad SMARTS) is 2. The Morgan fingerprint density at radius 3 is 2.20 bits per heavy atom. The van der Waals surface area contributed by atoms with Crippen LogP contribution in [0.25, 0.3) is 0 Å². The van der Waals surface area contributed by atoms with Gasteiger partial charge in [0.15, 0.2) is 12.4 Å². The summed E-state index contributed by atoms with van der Waals surface area (Å²) in [5, 5.41) is 52.9. The Hall–Kier alpha value is -1.65. The third kappa shape index (κ3) is 5.28. The van der Waals surface area contributed by atoms with Crippen molar-refractivity contribution in [2.75, 3.05) is 6.61 Å². The van der Waals surface area contributed by atoms with Crippen LogP contribution in [-0.2, 0) is 33.6 Å². The molecule has 284 valence electrons. The first-order chi connectivity index (χ1) is 23.1.